The number of hydrogen-bond acceptors (Lipinski definition) is 4. The molecule has 27 heavy (non-hydrogen) atoms. The molecule has 0 unspecified atom stereocenters. The van der Waals surface area contributed by atoms with E-state index >= 15 is 0 Å². The standard InChI is InChI=1S/C22H26N2O3/c1-26-20-9-4-6-17-15-24(12-5-13-27-21(17)20)22(25)19-8-3-2-7-18(19)16-10-11-23-14-16/h2-4,6-9,16,23H,5,10-15H2,1H3/t16-/m0/s1. The first kappa shape index (κ1) is 17.9. The van der Waals surface area contributed by atoms with Crippen molar-refractivity contribution in [2.24, 2.45) is 0 Å². The maximum absolute atomic E-state index is 13.4. The normalized spacial score (nSPS) is 19.6. The summed E-state index contributed by atoms with van der Waals surface area (Å²) >= 11 is 0. The van der Waals surface area contributed by atoms with E-state index in [1.54, 1.807) is 7.11 Å². The fraction of sp³-hybridized carbons (Fsp3) is 0.409. The number of rotatable bonds is 3. The molecule has 0 spiro atoms. The predicted octanol–water partition coefficient (Wildman–Crippen LogP) is 3.20. The third kappa shape index (κ3) is 3.65. The minimum Gasteiger partial charge on any atom is -0.493 e. The van der Waals surface area contributed by atoms with E-state index in [2.05, 4.69) is 11.4 Å². The minimum atomic E-state index is 0.105. The summed E-state index contributed by atoms with van der Waals surface area (Å²) in [7, 11) is 1.65. The van der Waals surface area contributed by atoms with Gasteiger partial charge >= 0.3 is 0 Å². The first-order chi connectivity index (χ1) is 13.3. The van der Waals surface area contributed by atoms with Gasteiger partial charge in [0.25, 0.3) is 5.91 Å². The Morgan fingerprint density at radius 3 is 2.93 bits per heavy atom. The van der Waals surface area contributed by atoms with Crippen LogP contribution < -0.4 is 14.8 Å². The van der Waals surface area contributed by atoms with Gasteiger partial charge in [-0.15, -0.1) is 0 Å². The highest BCUT2D eigenvalue weighted by atomic mass is 16.5. The first-order valence-electron chi connectivity index (χ1n) is 9.65. The molecule has 142 valence electrons. The molecule has 1 N–H and O–H groups in total. The van der Waals surface area contributed by atoms with Crippen LogP contribution in [-0.4, -0.2) is 44.2 Å². The van der Waals surface area contributed by atoms with Gasteiger partial charge in [-0.05, 0) is 43.0 Å². The lowest BCUT2D eigenvalue weighted by Gasteiger charge is -2.28. The molecule has 0 radical (unpaired) electrons. The van der Waals surface area contributed by atoms with Crippen molar-refractivity contribution >= 4 is 5.91 Å². The van der Waals surface area contributed by atoms with E-state index in [4.69, 9.17) is 9.47 Å². The van der Waals surface area contributed by atoms with Crippen LogP contribution in [0.15, 0.2) is 42.5 Å². The summed E-state index contributed by atoms with van der Waals surface area (Å²) in [6, 6.07) is 13.9. The second-order valence-electron chi connectivity index (χ2n) is 7.15. The van der Waals surface area contributed by atoms with Crippen molar-refractivity contribution < 1.29 is 14.3 Å². The highest BCUT2D eigenvalue weighted by Crippen LogP contribution is 2.34. The van der Waals surface area contributed by atoms with Crippen LogP contribution in [0.25, 0.3) is 0 Å². The lowest BCUT2D eigenvalue weighted by atomic mass is 9.92. The zero-order valence-electron chi connectivity index (χ0n) is 15.7. The zero-order valence-corrected chi connectivity index (χ0v) is 15.7. The molecule has 1 saturated heterocycles. The van der Waals surface area contributed by atoms with Crippen LogP contribution in [0.5, 0.6) is 11.5 Å². The Balaban J connectivity index is 1.64. The van der Waals surface area contributed by atoms with E-state index in [1.807, 2.05) is 41.3 Å². The highest BCUT2D eigenvalue weighted by molar-refractivity contribution is 5.96. The summed E-state index contributed by atoms with van der Waals surface area (Å²) in [5.41, 5.74) is 2.98. The quantitative estimate of drug-likeness (QED) is 0.906. The second kappa shape index (κ2) is 8.01. The number of carbonyl (C=O) groups is 1. The average Bonchev–Trinajstić information content (AvgIpc) is 3.22. The Bertz CT molecular complexity index is 815. The van der Waals surface area contributed by atoms with Gasteiger partial charge in [0.05, 0.1) is 13.7 Å². The Labute approximate surface area is 160 Å². The molecular weight excluding hydrogens is 340 g/mol. The molecule has 5 heteroatoms. The second-order valence-corrected chi connectivity index (χ2v) is 7.15. The van der Waals surface area contributed by atoms with Gasteiger partial charge in [-0.1, -0.05) is 30.3 Å². The molecule has 2 aliphatic rings. The van der Waals surface area contributed by atoms with E-state index in [9.17, 15) is 4.79 Å². The van der Waals surface area contributed by atoms with Crippen LogP contribution in [0.1, 0.15) is 40.2 Å². The molecule has 2 aliphatic heterocycles. The molecular formula is C22H26N2O3. The number of methoxy groups -OCH3 is 1. The molecule has 0 bridgehead atoms. The third-order valence-corrected chi connectivity index (χ3v) is 5.44. The van der Waals surface area contributed by atoms with Crippen LogP contribution >= 0.6 is 0 Å². The van der Waals surface area contributed by atoms with Crippen molar-refractivity contribution in [3.05, 3.63) is 59.2 Å². The molecule has 0 aliphatic carbocycles. The summed E-state index contributed by atoms with van der Waals surface area (Å²) in [6.07, 6.45) is 1.88. The van der Waals surface area contributed by atoms with Gasteiger partial charge in [0, 0.05) is 30.8 Å². The lowest BCUT2D eigenvalue weighted by Crippen LogP contribution is -2.34. The Hall–Kier alpha value is -2.53. The van der Waals surface area contributed by atoms with Gasteiger partial charge in [-0.25, -0.2) is 0 Å². The van der Waals surface area contributed by atoms with Gasteiger partial charge in [0.15, 0.2) is 11.5 Å². The fourth-order valence-electron chi connectivity index (χ4n) is 4.04. The number of amides is 1. The van der Waals surface area contributed by atoms with E-state index in [0.29, 0.717) is 25.6 Å². The number of fused-ring (bicyclic) bond motifs is 1. The maximum atomic E-state index is 13.4. The monoisotopic (exact) mass is 366 g/mol. The maximum Gasteiger partial charge on any atom is 0.254 e. The van der Waals surface area contributed by atoms with E-state index in [-0.39, 0.29) is 5.91 Å². The number of carbonyl (C=O) groups excluding carboxylic acids is 1. The summed E-state index contributed by atoms with van der Waals surface area (Å²) in [5, 5.41) is 3.41. The van der Waals surface area contributed by atoms with Gasteiger partial charge in [0.1, 0.15) is 0 Å². The molecule has 2 heterocycles. The Kier molecular flexibility index (Phi) is 5.30. The number of nitrogens with zero attached hydrogens (tertiary/aromatic N) is 1. The van der Waals surface area contributed by atoms with E-state index in [1.165, 1.54) is 0 Å². The van der Waals surface area contributed by atoms with Crippen LogP contribution in [0.2, 0.25) is 0 Å². The molecule has 0 saturated carbocycles. The van der Waals surface area contributed by atoms with E-state index < -0.39 is 0 Å². The van der Waals surface area contributed by atoms with Crippen LogP contribution in [0.4, 0.5) is 0 Å². The van der Waals surface area contributed by atoms with Crippen molar-refractivity contribution in [2.75, 3.05) is 33.4 Å². The molecule has 5 nitrogen and oxygen atoms in total. The summed E-state index contributed by atoms with van der Waals surface area (Å²) in [6.45, 7) is 3.75. The van der Waals surface area contributed by atoms with Crippen LogP contribution in [0.3, 0.4) is 0 Å². The SMILES string of the molecule is COc1cccc2c1OCCCN(C(=O)c1ccccc1[C@H]1CCNC1)C2. The molecule has 1 atom stereocenters. The van der Waals surface area contributed by atoms with Crippen LogP contribution in [0, 0.1) is 0 Å². The molecule has 1 amide bonds. The predicted molar refractivity (Wildman–Crippen MR) is 105 cm³/mol. The topological polar surface area (TPSA) is 50.8 Å². The molecule has 2 aromatic carbocycles. The molecule has 2 aromatic rings. The Morgan fingerprint density at radius 2 is 2.11 bits per heavy atom. The van der Waals surface area contributed by atoms with Crippen molar-refractivity contribution in [1.29, 1.82) is 0 Å². The Morgan fingerprint density at radius 1 is 1.22 bits per heavy atom. The largest absolute Gasteiger partial charge is 0.493 e. The fourth-order valence-corrected chi connectivity index (χ4v) is 4.04. The zero-order chi connectivity index (χ0) is 18.6. The minimum absolute atomic E-state index is 0.105. The van der Waals surface area contributed by atoms with Gasteiger partial charge in [0.2, 0.25) is 0 Å². The number of para-hydroxylation sites is 1. The van der Waals surface area contributed by atoms with Crippen molar-refractivity contribution in [3.63, 3.8) is 0 Å². The molecule has 0 aromatic heterocycles. The summed E-state index contributed by atoms with van der Waals surface area (Å²) < 4.78 is 11.4. The third-order valence-electron chi connectivity index (χ3n) is 5.44. The first-order valence-corrected chi connectivity index (χ1v) is 9.65. The number of ether oxygens (including phenoxy) is 2. The van der Waals surface area contributed by atoms with Crippen molar-refractivity contribution in [3.8, 4) is 11.5 Å². The van der Waals surface area contributed by atoms with E-state index in [0.717, 1.165) is 54.1 Å². The van der Waals surface area contributed by atoms with Crippen LogP contribution in [-0.2, 0) is 6.54 Å². The van der Waals surface area contributed by atoms with Gasteiger partial charge in [-0.2, -0.15) is 0 Å². The van der Waals surface area contributed by atoms with Gasteiger partial charge < -0.3 is 19.7 Å². The average molecular weight is 366 g/mol. The highest BCUT2D eigenvalue weighted by Gasteiger charge is 2.26. The summed E-state index contributed by atoms with van der Waals surface area (Å²) in [5.74, 6) is 1.99. The smallest absolute Gasteiger partial charge is 0.254 e. The number of hydrogen-bond donors (Lipinski definition) is 1. The van der Waals surface area contributed by atoms with Gasteiger partial charge in [-0.3, -0.25) is 4.79 Å². The summed E-state index contributed by atoms with van der Waals surface area (Å²) in [4.78, 5) is 15.4. The van der Waals surface area contributed by atoms with Crippen molar-refractivity contribution in [2.45, 2.75) is 25.3 Å². The number of nitrogens with one attached hydrogen (secondary N) is 1. The molecule has 1 fully saturated rings. The lowest BCUT2D eigenvalue weighted by molar-refractivity contribution is 0.0719. The molecule has 4 rings (SSSR count). The number of benzene rings is 2. The van der Waals surface area contributed by atoms with Crippen molar-refractivity contribution in [1.82, 2.24) is 10.2 Å².